The zero-order valence-corrected chi connectivity index (χ0v) is 12.3. The molecule has 0 aromatic carbocycles. The van der Waals surface area contributed by atoms with Crippen molar-refractivity contribution >= 4 is 8.32 Å². The number of hydrogen-bond acceptors (Lipinski definition) is 1. The third-order valence-corrected chi connectivity index (χ3v) is 9.13. The van der Waals surface area contributed by atoms with Gasteiger partial charge in [0.2, 0.25) is 0 Å². The Balaban J connectivity index is 2.76. The second kappa shape index (κ2) is 6.01. The maximum absolute atomic E-state index is 6.68. The SMILES string of the molecule is C=CC1(O[Si](CC)(CC)CC)CCCCC1. The van der Waals surface area contributed by atoms with Crippen LogP contribution in [0.15, 0.2) is 12.7 Å². The summed E-state index contributed by atoms with van der Waals surface area (Å²) < 4.78 is 6.68. The molecule has 0 unspecified atom stereocenters. The molecule has 0 saturated heterocycles. The molecule has 1 rings (SSSR count). The minimum Gasteiger partial charge on any atom is -0.408 e. The lowest BCUT2D eigenvalue weighted by molar-refractivity contribution is 0.0657. The van der Waals surface area contributed by atoms with Crippen molar-refractivity contribution in [1.29, 1.82) is 0 Å². The van der Waals surface area contributed by atoms with Gasteiger partial charge in [0.15, 0.2) is 8.32 Å². The van der Waals surface area contributed by atoms with Gasteiger partial charge < -0.3 is 4.43 Å². The Bertz CT molecular complexity index is 207. The van der Waals surface area contributed by atoms with Gasteiger partial charge in [0, 0.05) is 0 Å². The maximum Gasteiger partial charge on any atom is 0.193 e. The summed E-state index contributed by atoms with van der Waals surface area (Å²) in [5.74, 6) is 0. The fourth-order valence-electron chi connectivity index (χ4n) is 2.90. The molecule has 0 spiro atoms. The smallest absolute Gasteiger partial charge is 0.193 e. The highest BCUT2D eigenvalue weighted by molar-refractivity contribution is 6.73. The first-order valence-electron chi connectivity index (χ1n) is 6.99. The van der Waals surface area contributed by atoms with Gasteiger partial charge in [-0.3, -0.25) is 0 Å². The van der Waals surface area contributed by atoms with Crippen LogP contribution in [0.2, 0.25) is 18.1 Å². The van der Waals surface area contributed by atoms with Crippen molar-refractivity contribution in [2.24, 2.45) is 0 Å². The van der Waals surface area contributed by atoms with E-state index in [2.05, 4.69) is 33.4 Å². The van der Waals surface area contributed by atoms with Crippen LogP contribution in [0.3, 0.4) is 0 Å². The van der Waals surface area contributed by atoms with Crippen LogP contribution in [-0.4, -0.2) is 13.9 Å². The molecule has 0 bridgehead atoms. The summed E-state index contributed by atoms with van der Waals surface area (Å²) in [7, 11) is -1.47. The van der Waals surface area contributed by atoms with Gasteiger partial charge in [0.25, 0.3) is 0 Å². The fourth-order valence-corrected chi connectivity index (χ4v) is 5.98. The molecule has 0 aromatic heterocycles. The van der Waals surface area contributed by atoms with Crippen molar-refractivity contribution in [3.8, 4) is 0 Å². The summed E-state index contributed by atoms with van der Waals surface area (Å²) in [5, 5.41) is 0. The number of hydrogen-bond donors (Lipinski definition) is 0. The molecule has 0 N–H and O–H groups in total. The molecule has 0 atom stereocenters. The molecule has 1 fully saturated rings. The molecule has 2 heteroatoms. The summed E-state index contributed by atoms with van der Waals surface area (Å²) >= 11 is 0. The predicted octanol–water partition coefficient (Wildman–Crippen LogP) is 4.90. The predicted molar refractivity (Wildman–Crippen MR) is 74.3 cm³/mol. The first-order chi connectivity index (χ1) is 7.66. The quantitative estimate of drug-likeness (QED) is 0.474. The third-order valence-electron chi connectivity index (χ3n) is 4.42. The van der Waals surface area contributed by atoms with E-state index in [4.69, 9.17) is 4.43 Å². The van der Waals surface area contributed by atoms with Crippen LogP contribution in [0.25, 0.3) is 0 Å². The second-order valence-corrected chi connectivity index (χ2v) is 9.87. The summed E-state index contributed by atoms with van der Waals surface area (Å²) in [6.45, 7) is 11.0. The van der Waals surface area contributed by atoms with Crippen LogP contribution in [0.1, 0.15) is 52.9 Å². The van der Waals surface area contributed by atoms with E-state index in [1.165, 1.54) is 50.2 Å². The van der Waals surface area contributed by atoms with E-state index in [0.29, 0.717) is 0 Å². The minimum absolute atomic E-state index is 0.0342. The van der Waals surface area contributed by atoms with E-state index in [0.717, 1.165) is 0 Å². The average Bonchev–Trinajstić information content (AvgIpc) is 2.37. The van der Waals surface area contributed by atoms with Gasteiger partial charge in [-0.05, 0) is 31.0 Å². The largest absolute Gasteiger partial charge is 0.408 e. The van der Waals surface area contributed by atoms with Gasteiger partial charge >= 0.3 is 0 Å². The van der Waals surface area contributed by atoms with Crippen LogP contribution in [0.5, 0.6) is 0 Å². The lowest BCUT2D eigenvalue weighted by Gasteiger charge is -2.43. The van der Waals surface area contributed by atoms with Crippen molar-refractivity contribution in [3.63, 3.8) is 0 Å². The molecule has 16 heavy (non-hydrogen) atoms. The zero-order valence-electron chi connectivity index (χ0n) is 11.3. The molecule has 1 aliphatic carbocycles. The van der Waals surface area contributed by atoms with Crippen molar-refractivity contribution in [1.82, 2.24) is 0 Å². The normalized spacial score (nSPS) is 20.7. The van der Waals surface area contributed by atoms with Gasteiger partial charge in [0.05, 0.1) is 5.60 Å². The Labute approximate surface area is 102 Å². The van der Waals surface area contributed by atoms with Crippen LogP contribution in [0, 0.1) is 0 Å². The Morgan fingerprint density at radius 1 is 1.06 bits per heavy atom. The van der Waals surface area contributed by atoms with Crippen molar-refractivity contribution < 1.29 is 4.43 Å². The molecule has 0 radical (unpaired) electrons. The summed E-state index contributed by atoms with van der Waals surface area (Å²) in [5.41, 5.74) is 0.0342. The molecule has 1 nitrogen and oxygen atoms in total. The summed E-state index contributed by atoms with van der Waals surface area (Å²) in [4.78, 5) is 0. The average molecular weight is 240 g/mol. The maximum atomic E-state index is 6.68. The van der Waals surface area contributed by atoms with E-state index in [9.17, 15) is 0 Å². The highest BCUT2D eigenvalue weighted by Gasteiger charge is 2.39. The molecule has 94 valence electrons. The Morgan fingerprint density at radius 2 is 1.56 bits per heavy atom. The lowest BCUT2D eigenvalue weighted by atomic mass is 9.85. The van der Waals surface area contributed by atoms with Crippen LogP contribution in [0.4, 0.5) is 0 Å². The molecular weight excluding hydrogens is 212 g/mol. The summed E-state index contributed by atoms with van der Waals surface area (Å²) in [6.07, 6.45) is 8.50. The van der Waals surface area contributed by atoms with Crippen LogP contribution < -0.4 is 0 Å². The zero-order chi connectivity index (χ0) is 12.1. The fraction of sp³-hybridized carbons (Fsp3) is 0.857. The Kier molecular flexibility index (Phi) is 5.26. The lowest BCUT2D eigenvalue weighted by Crippen LogP contribution is -2.47. The second-order valence-electron chi connectivity index (χ2n) is 5.18. The van der Waals surface area contributed by atoms with Crippen molar-refractivity contribution in [3.05, 3.63) is 12.7 Å². The van der Waals surface area contributed by atoms with Gasteiger partial charge in [0.1, 0.15) is 0 Å². The molecule has 0 amide bonds. The highest BCUT2D eigenvalue weighted by Crippen LogP contribution is 2.38. The van der Waals surface area contributed by atoms with E-state index in [-0.39, 0.29) is 5.60 Å². The van der Waals surface area contributed by atoms with Crippen molar-refractivity contribution in [2.45, 2.75) is 76.6 Å². The first kappa shape index (κ1) is 14.0. The van der Waals surface area contributed by atoms with E-state index >= 15 is 0 Å². The molecule has 1 saturated carbocycles. The van der Waals surface area contributed by atoms with Gasteiger partial charge in [-0.1, -0.05) is 46.1 Å². The molecular formula is C14H28OSi. The van der Waals surface area contributed by atoms with E-state index in [1.807, 2.05) is 0 Å². The number of rotatable bonds is 6. The van der Waals surface area contributed by atoms with Crippen LogP contribution >= 0.6 is 0 Å². The van der Waals surface area contributed by atoms with Gasteiger partial charge in [-0.15, -0.1) is 6.58 Å². The molecule has 0 heterocycles. The highest BCUT2D eigenvalue weighted by atomic mass is 28.4. The Hall–Kier alpha value is -0.0831. The topological polar surface area (TPSA) is 9.23 Å². The van der Waals surface area contributed by atoms with Gasteiger partial charge in [-0.25, -0.2) is 0 Å². The molecule has 0 aromatic rings. The Morgan fingerprint density at radius 3 is 1.94 bits per heavy atom. The first-order valence-corrected chi connectivity index (χ1v) is 9.52. The minimum atomic E-state index is -1.47. The van der Waals surface area contributed by atoms with E-state index in [1.54, 1.807) is 0 Å². The van der Waals surface area contributed by atoms with Crippen molar-refractivity contribution in [2.75, 3.05) is 0 Å². The summed E-state index contributed by atoms with van der Waals surface area (Å²) in [6, 6.07) is 3.74. The molecule has 1 aliphatic rings. The third kappa shape index (κ3) is 2.98. The van der Waals surface area contributed by atoms with E-state index < -0.39 is 8.32 Å². The van der Waals surface area contributed by atoms with Crippen LogP contribution in [-0.2, 0) is 4.43 Å². The molecule has 0 aliphatic heterocycles. The van der Waals surface area contributed by atoms with Gasteiger partial charge in [-0.2, -0.15) is 0 Å². The monoisotopic (exact) mass is 240 g/mol. The standard InChI is InChI=1S/C14H28OSi/c1-5-14(12-10-9-11-13-14)15-16(6-2,7-3)8-4/h5H,1,6-13H2,2-4H3.